The number of Topliss-reactive ketones (excluding diaryl/α,β-unsaturated/α-hetero) is 1. The van der Waals surface area contributed by atoms with Crippen LogP contribution in [0.5, 0.6) is 0 Å². The second-order valence-corrected chi connectivity index (χ2v) is 6.04. The van der Waals surface area contributed by atoms with Crippen LogP contribution < -0.4 is 4.90 Å². The van der Waals surface area contributed by atoms with Crippen LogP contribution in [0.3, 0.4) is 0 Å². The summed E-state index contributed by atoms with van der Waals surface area (Å²) in [6.45, 7) is 4.29. The lowest BCUT2D eigenvalue weighted by molar-refractivity contribution is -0.384. The Labute approximate surface area is 124 Å². The van der Waals surface area contributed by atoms with Crippen LogP contribution in [0.4, 0.5) is 11.4 Å². The van der Waals surface area contributed by atoms with E-state index in [1.54, 1.807) is 0 Å². The van der Waals surface area contributed by atoms with Crippen molar-refractivity contribution in [2.45, 2.75) is 13.8 Å². The summed E-state index contributed by atoms with van der Waals surface area (Å²) >= 11 is 3.37. The molecule has 0 atom stereocenters. The van der Waals surface area contributed by atoms with Gasteiger partial charge in [-0.15, -0.1) is 0 Å². The Morgan fingerprint density at radius 2 is 2.00 bits per heavy atom. The molecule has 1 aromatic carbocycles. The quantitative estimate of drug-likeness (QED) is 0.365. The monoisotopic (exact) mass is 340 g/mol. The molecule has 0 aliphatic carbocycles. The summed E-state index contributed by atoms with van der Waals surface area (Å²) in [5.74, 6) is -1.32. The summed E-state index contributed by atoms with van der Waals surface area (Å²) < 4.78 is 0. The highest BCUT2D eigenvalue weighted by atomic mass is 79.9. The average molecular weight is 341 g/mol. The van der Waals surface area contributed by atoms with Gasteiger partial charge in [-0.1, -0.05) is 29.8 Å². The van der Waals surface area contributed by atoms with E-state index in [0.29, 0.717) is 17.6 Å². The van der Waals surface area contributed by atoms with Crippen molar-refractivity contribution in [2.75, 3.05) is 16.8 Å². The zero-order chi connectivity index (χ0) is 15.1. The molecule has 0 unspecified atom stereocenters. The lowest BCUT2D eigenvalue weighted by Gasteiger charge is -2.28. The Morgan fingerprint density at radius 3 is 2.55 bits per heavy atom. The standard InChI is InChI=1S/C13H13BrN2O4/c1-13(2,6-14)7-15-10-4-3-8(16(19)20)5-9(10)11(17)12(15)18/h3-5H,6-7H2,1-2H3. The number of halogens is 1. The van der Waals surface area contributed by atoms with E-state index < -0.39 is 16.6 Å². The van der Waals surface area contributed by atoms with Crippen molar-refractivity contribution in [3.8, 4) is 0 Å². The van der Waals surface area contributed by atoms with Crippen LogP contribution in [-0.2, 0) is 4.79 Å². The average Bonchev–Trinajstić information content (AvgIpc) is 2.63. The minimum atomic E-state index is -0.686. The third kappa shape index (κ3) is 2.45. The van der Waals surface area contributed by atoms with Crippen LogP contribution in [-0.4, -0.2) is 28.5 Å². The Hall–Kier alpha value is -1.76. The number of hydrogen-bond donors (Lipinski definition) is 0. The number of alkyl halides is 1. The first kappa shape index (κ1) is 14.6. The first-order valence-corrected chi connectivity index (χ1v) is 7.09. The van der Waals surface area contributed by atoms with E-state index in [1.807, 2.05) is 13.8 Å². The SMILES string of the molecule is CC(C)(CBr)CN1C(=O)C(=O)c2cc([N+](=O)[O-])ccc21. The second kappa shape index (κ2) is 4.97. The van der Waals surface area contributed by atoms with Gasteiger partial charge in [-0.25, -0.2) is 0 Å². The molecule has 0 saturated heterocycles. The van der Waals surface area contributed by atoms with Gasteiger partial charge in [0, 0.05) is 24.0 Å². The van der Waals surface area contributed by atoms with E-state index in [4.69, 9.17) is 0 Å². The predicted octanol–water partition coefficient (Wildman–Crippen LogP) is 2.55. The molecule has 1 amide bonds. The molecule has 0 aromatic heterocycles. The molecule has 0 radical (unpaired) electrons. The van der Waals surface area contributed by atoms with E-state index in [2.05, 4.69) is 15.9 Å². The zero-order valence-electron chi connectivity index (χ0n) is 11.1. The van der Waals surface area contributed by atoms with Crippen molar-refractivity contribution in [3.63, 3.8) is 0 Å². The highest BCUT2D eigenvalue weighted by molar-refractivity contribution is 9.09. The number of benzene rings is 1. The number of nitro groups is 1. The highest BCUT2D eigenvalue weighted by Crippen LogP contribution is 2.34. The predicted molar refractivity (Wildman–Crippen MR) is 77.4 cm³/mol. The number of rotatable bonds is 4. The number of carbonyl (C=O) groups is 2. The summed E-state index contributed by atoms with van der Waals surface area (Å²) in [7, 11) is 0. The molecule has 0 spiro atoms. The number of carbonyl (C=O) groups excluding carboxylic acids is 2. The van der Waals surface area contributed by atoms with Gasteiger partial charge in [-0.3, -0.25) is 19.7 Å². The summed E-state index contributed by atoms with van der Waals surface area (Å²) in [6, 6.07) is 3.93. The number of fused-ring (bicyclic) bond motifs is 1. The number of anilines is 1. The lowest BCUT2D eigenvalue weighted by atomic mass is 9.96. The molecule has 6 nitrogen and oxygen atoms in total. The Bertz CT molecular complexity index is 612. The summed E-state index contributed by atoms with van der Waals surface area (Å²) in [6.07, 6.45) is 0. The molecule has 106 valence electrons. The second-order valence-electron chi connectivity index (χ2n) is 5.48. The largest absolute Gasteiger partial charge is 0.304 e. The van der Waals surface area contributed by atoms with Gasteiger partial charge in [-0.2, -0.15) is 0 Å². The molecule has 1 aromatic rings. The van der Waals surface area contributed by atoms with Crippen LogP contribution in [0.1, 0.15) is 24.2 Å². The van der Waals surface area contributed by atoms with Crippen molar-refractivity contribution in [3.05, 3.63) is 33.9 Å². The molecule has 0 bridgehead atoms. The van der Waals surface area contributed by atoms with Crippen LogP contribution in [0.15, 0.2) is 18.2 Å². The normalized spacial score (nSPS) is 14.7. The summed E-state index contributed by atoms with van der Waals surface area (Å²) in [4.78, 5) is 35.5. The number of non-ortho nitro benzene ring substituents is 1. The van der Waals surface area contributed by atoms with E-state index in [9.17, 15) is 19.7 Å². The molecule has 20 heavy (non-hydrogen) atoms. The molecule has 0 fully saturated rings. The van der Waals surface area contributed by atoms with Crippen molar-refractivity contribution in [1.82, 2.24) is 0 Å². The number of ketones is 1. The van der Waals surface area contributed by atoms with Crippen LogP contribution in [0.2, 0.25) is 0 Å². The minimum absolute atomic E-state index is 0.106. The van der Waals surface area contributed by atoms with Gasteiger partial charge >= 0.3 is 0 Å². The summed E-state index contributed by atoms with van der Waals surface area (Å²) in [5, 5.41) is 11.4. The van der Waals surface area contributed by atoms with Gasteiger partial charge in [0.25, 0.3) is 17.4 Å². The molecule has 0 saturated carbocycles. The Morgan fingerprint density at radius 1 is 1.35 bits per heavy atom. The van der Waals surface area contributed by atoms with E-state index in [0.717, 1.165) is 6.07 Å². The van der Waals surface area contributed by atoms with Crippen LogP contribution in [0, 0.1) is 15.5 Å². The van der Waals surface area contributed by atoms with Crippen molar-refractivity contribution in [2.24, 2.45) is 5.41 Å². The highest BCUT2D eigenvalue weighted by Gasteiger charge is 2.39. The van der Waals surface area contributed by atoms with Gasteiger partial charge < -0.3 is 4.90 Å². The number of nitro benzene ring substituents is 1. The lowest BCUT2D eigenvalue weighted by Crippen LogP contribution is -2.38. The van der Waals surface area contributed by atoms with Gasteiger partial charge in [0.05, 0.1) is 16.2 Å². The molecule has 1 aliphatic rings. The fourth-order valence-corrected chi connectivity index (χ4v) is 2.21. The third-order valence-corrected chi connectivity index (χ3v) is 4.63. The number of nitrogens with zero attached hydrogens (tertiary/aromatic N) is 2. The van der Waals surface area contributed by atoms with Crippen molar-refractivity contribution < 1.29 is 14.5 Å². The number of hydrogen-bond acceptors (Lipinski definition) is 4. The first-order valence-electron chi connectivity index (χ1n) is 5.97. The van der Waals surface area contributed by atoms with E-state index in [1.165, 1.54) is 17.0 Å². The van der Waals surface area contributed by atoms with Gasteiger partial charge in [0.15, 0.2) is 0 Å². The van der Waals surface area contributed by atoms with Crippen molar-refractivity contribution >= 4 is 39.0 Å². The van der Waals surface area contributed by atoms with Gasteiger partial charge in [-0.05, 0) is 11.5 Å². The fraction of sp³-hybridized carbons (Fsp3) is 0.385. The van der Waals surface area contributed by atoms with Crippen LogP contribution >= 0.6 is 15.9 Å². The zero-order valence-corrected chi connectivity index (χ0v) is 12.6. The molecule has 1 heterocycles. The topological polar surface area (TPSA) is 80.5 Å². The summed E-state index contributed by atoms with van der Waals surface area (Å²) in [5.41, 5.74) is 0.153. The van der Waals surface area contributed by atoms with Crippen molar-refractivity contribution in [1.29, 1.82) is 0 Å². The van der Waals surface area contributed by atoms with Crippen LogP contribution in [0.25, 0.3) is 0 Å². The molecule has 0 N–H and O–H groups in total. The Balaban J connectivity index is 2.44. The van der Waals surface area contributed by atoms with E-state index in [-0.39, 0.29) is 16.7 Å². The molecular formula is C13H13BrN2O4. The maximum absolute atomic E-state index is 12.0. The maximum atomic E-state index is 12.0. The van der Waals surface area contributed by atoms with Gasteiger partial charge in [0.2, 0.25) is 0 Å². The third-order valence-electron chi connectivity index (χ3n) is 3.11. The molecule has 7 heteroatoms. The smallest absolute Gasteiger partial charge is 0.299 e. The fourth-order valence-electron chi connectivity index (χ4n) is 2.03. The van der Waals surface area contributed by atoms with E-state index >= 15 is 0 Å². The Kier molecular flexibility index (Phi) is 3.64. The maximum Gasteiger partial charge on any atom is 0.299 e. The first-order chi connectivity index (χ1) is 9.26. The molecule has 1 aliphatic heterocycles. The number of amides is 1. The molecule has 2 rings (SSSR count). The minimum Gasteiger partial charge on any atom is -0.304 e. The van der Waals surface area contributed by atoms with Gasteiger partial charge in [0.1, 0.15) is 0 Å². The molecular weight excluding hydrogens is 328 g/mol.